The fraction of sp³-hybridized carbons (Fsp3) is 0.667. The van der Waals surface area contributed by atoms with Crippen LogP contribution in [0.15, 0.2) is 12.1 Å². The Balaban J connectivity index is 2.22. The van der Waals surface area contributed by atoms with E-state index in [-0.39, 0.29) is 0 Å². The Morgan fingerprint density at radius 1 is 1.28 bits per heavy atom. The molecular formula is C15H24N2O. The average Bonchev–Trinajstić information content (AvgIpc) is 2.36. The second-order valence-electron chi connectivity index (χ2n) is 5.17. The van der Waals surface area contributed by atoms with Gasteiger partial charge in [0, 0.05) is 30.6 Å². The first-order valence-electron chi connectivity index (χ1n) is 6.97. The van der Waals surface area contributed by atoms with Crippen molar-refractivity contribution < 1.29 is 4.74 Å². The highest BCUT2D eigenvalue weighted by Gasteiger charge is 2.25. The van der Waals surface area contributed by atoms with Crippen molar-refractivity contribution in [2.75, 3.05) is 19.8 Å². The maximum Gasteiger partial charge on any atom is 0.0469 e. The van der Waals surface area contributed by atoms with Gasteiger partial charge in [-0.15, -0.1) is 0 Å². The number of nitrogens with one attached hydrogen (secondary N) is 1. The molecule has 0 aliphatic carbocycles. The molecule has 1 unspecified atom stereocenters. The summed E-state index contributed by atoms with van der Waals surface area (Å²) in [5.74, 6) is 0.680. The summed E-state index contributed by atoms with van der Waals surface area (Å²) in [4.78, 5) is 4.47. The van der Waals surface area contributed by atoms with E-state index in [0.29, 0.717) is 12.0 Å². The van der Waals surface area contributed by atoms with Gasteiger partial charge in [-0.3, -0.25) is 4.98 Å². The first-order valence-corrected chi connectivity index (χ1v) is 6.97. The van der Waals surface area contributed by atoms with Crippen molar-refractivity contribution in [3.8, 4) is 0 Å². The van der Waals surface area contributed by atoms with Crippen LogP contribution in [0.5, 0.6) is 0 Å². The van der Waals surface area contributed by atoms with Gasteiger partial charge in [0.05, 0.1) is 0 Å². The molecule has 1 aromatic rings. The van der Waals surface area contributed by atoms with Gasteiger partial charge in [-0.2, -0.15) is 0 Å². The van der Waals surface area contributed by atoms with E-state index in [4.69, 9.17) is 4.74 Å². The first kappa shape index (κ1) is 13.5. The van der Waals surface area contributed by atoms with Crippen molar-refractivity contribution in [3.05, 3.63) is 29.1 Å². The Morgan fingerprint density at radius 2 is 1.89 bits per heavy atom. The van der Waals surface area contributed by atoms with Crippen molar-refractivity contribution in [1.82, 2.24) is 10.3 Å². The minimum atomic E-state index is 0.444. The minimum absolute atomic E-state index is 0.444. The lowest BCUT2D eigenvalue weighted by Crippen LogP contribution is -2.32. The van der Waals surface area contributed by atoms with Gasteiger partial charge in [-0.05, 0) is 56.8 Å². The van der Waals surface area contributed by atoms with Crippen molar-refractivity contribution in [2.24, 2.45) is 5.92 Å². The van der Waals surface area contributed by atoms with Crippen molar-refractivity contribution in [2.45, 2.75) is 39.7 Å². The molecule has 3 nitrogen and oxygen atoms in total. The molecule has 0 saturated carbocycles. The molecule has 2 rings (SSSR count). The molecule has 18 heavy (non-hydrogen) atoms. The van der Waals surface area contributed by atoms with Crippen LogP contribution in [0, 0.1) is 19.8 Å². The van der Waals surface area contributed by atoms with E-state index < -0.39 is 0 Å². The molecule has 1 N–H and O–H groups in total. The van der Waals surface area contributed by atoms with E-state index in [0.717, 1.165) is 44.0 Å². The molecule has 1 atom stereocenters. The van der Waals surface area contributed by atoms with Crippen LogP contribution in [0.2, 0.25) is 0 Å². The standard InChI is InChI=1S/C15H24N2O/c1-4-16-15(13-5-7-18-8-6-13)14-9-11(2)17-12(3)10-14/h9-10,13,15-16H,4-8H2,1-3H3. The second-order valence-corrected chi connectivity index (χ2v) is 5.17. The normalized spacial score (nSPS) is 18.8. The van der Waals surface area contributed by atoms with Gasteiger partial charge in [-0.25, -0.2) is 0 Å². The smallest absolute Gasteiger partial charge is 0.0469 e. The maximum atomic E-state index is 5.47. The summed E-state index contributed by atoms with van der Waals surface area (Å²) in [6, 6.07) is 4.88. The lowest BCUT2D eigenvalue weighted by molar-refractivity contribution is 0.0538. The molecule has 1 saturated heterocycles. The van der Waals surface area contributed by atoms with E-state index in [2.05, 4.69) is 43.2 Å². The zero-order valence-corrected chi connectivity index (χ0v) is 11.7. The molecular weight excluding hydrogens is 224 g/mol. The number of ether oxygens (including phenoxy) is 1. The number of aryl methyl sites for hydroxylation is 2. The number of hydrogen-bond donors (Lipinski definition) is 1. The van der Waals surface area contributed by atoms with Crippen LogP contribution in [0.3, 0.4) is 0 Å². The molecule has 0 bridgehead atoms. The predicted octanol–water partition coefficient (Wildman–Crippen LogP) is 2.78. The van der Waals surface area contributed by atoms with Gasteiger partial charge in [-0.1, -0.05) is 6.92 Å². The van der Waals surface area contributed by atoms with Gasteiger partial charge in [0.15, 0.2) is 0 Å². The van der Waals surface area contributed by atoms with Crippen molar-refractivity contribution in [3.63, 3.8) is 0 Å². The summed E-state index contributed by atoms with van der Waals surface area (Å²) in [5.41, 5.74) is 3.61. The monoisotopic (exact) mass is 248 g/mol. The highest BCUT2D eigenvalue weighted by atomic mass is 16.5. The highest BCUT2D eigenvalue weighted by Crippen LogP contribution is 2.30. The quantitative estimate of drug-likeness (QED) is 0.889. The van der Waals surface area contributed by atoms with Gasteiger partial charge >= 0.3 is 0 Å². The fourth-order valence-electron chi connectivity index (χ4n) is 2.87. The minimum Gasteiger partial charge on any atom is -0.381 e. The maximum absolute atomic E-state index is 5.47. The van der Waals surface area contributed by atoms with Crippen LogP contribution >= 0.6 is 0 Å². The van der Waals surface area contributed by atoms with Crippen LogP contribution in [0.4, 0.5) is 0 Å². The summed E-state index contributed by atoms with van der Waals surface area (Å²) in [6.07, 6.45) is 2.30. The Hall–Kier alpha value is -0.930. The van der Waals surface area contributed by atoms with E-state index in [1.54, 1.807) is 0 Å². The third-order valence-corrected chi connectivity index (χ3v) is 3.62. The van der Waals surface area contributed by atoms with E-state index in [1.807, 2.05) is 0 Å². The van der Waals surface area contributed by atoms with E-state index in [1.165, 1.54) is 5.56 Å². The average molecular weight is 248 g/mol. The molecule has 3 heteroatoms. The highest BCUT2D eigenvalue weighted by molar-refractivity contribution is 5.24. The molecule has 2 heterocycles. The van der Waals surface area contributed by atoms with Gasteiger partial charge in [0.25, 0.3) is 0 Å². The Bertz CT molecular complexity index is 366. The molecule has 0 aromatic carbocycles. The summed E-state index contributed by atoms with van der Waals surface area (Å²) >= 11 is 0. The van der Waals surface area contributed by atoms with Crippen LogP contribution in [-0.4, -0.2) is 24.7 Å². The Morgan fingerprint density at radius 3 is 2.44 bits per heavy atom. The van der Waals surface area contributed by atoms with E-state index in [9.17, 15) is 0 Å². The third-order valence-electron chi connectivity index (χ3n) is 3.62. The molecule has 1 fully saturated rings. The summed E-state index contributed by atoms with van der Waals surface area (Å²) in [5, 5.41) is 3.64. The number of pyridine rings is 1. The molecule has 1 aliphatic heterocycles. The summed E-state index contributed by atoms with van der Waals surface area (Å²) in [7, 11) is 0. The lowest BCUT2D eigenvalue weighted by atomic mass is 9.87. The van der Waals surface area contributed by atoms with Crippen LogP contribution in [0.1, 0.15) is 42.8 Å². The zero-order valence-electron chi connectivity index (χ0n) is 11.7. The third kappa shape index (κ3) is 3.30. The Labute approximate surface area is 110 Å². The lowest BCUT2D eigenvalue weighted by Gasteiger charge is -2.31. The number of aromatic nitrogens is 1. The fourth-order valence-corrected chi connectivity index (χ4v) is 2.87. The number of rotatable bonds is 4. The summed E-state index contributed by atoms with van der Waals surface area (Å²) < 4.78 is 5.47. The topological polar surface area (TPSA) is 34.2 Å². The summed E-state index contributed by atoms with van der Waals surface area (Å²) in [6.45, 7) is 9.12. The molecule has 1 aliphatic rings. The van der Waals surface area contributed by atoms with Crippen LogP contribution in [-0.2, 0) is 4.74 Å². The van der Waals surface area contributed by atoms with Crippen molar-refractivity contribution >= 4 is 0 Å². The van der Waals surface area contributed by atoms with Gasteiger partial charge < -0.3 is 10.1 Å². The largest absolute Gasteiger partial charge is 0.381 e. The van der Waals surface area contributed by atoms with Gasteiger partial charge in [0.2, 0.25) is 0 Å². The van der Waals surface area contributed by atoms with E-state index >= 15 is 0 Å². The zero-order chi connectivity index (χ0) is 13.0. The Kier molecular flexibility index (Phi) is 4.72. The second kappa shape index (κ2) is 6.30. The molecule has 0 amide bonds. The number of nitrogens with zero attached hydrogens (tertiary/aromatic N) is 1. The van der Waals surface area contributed by atoms with Gasteiger partial charge in [0.1, 0.15) is 0 Å². The first-order chi connectivity index (χ1) is 8.70. The molecule has 0 spiro atoms. The van der Waals surface area contributed by atoms with Crippen LogP contribution < -0.4 is 5.32 Å². The number of hydrogen-bond acceptors (Lipinski definition) is 3. The SMILES string of the molecule is CCNC(c1cc(C)nc(C)c1)C1CCOCC1. The molecule has 100 valence electrons. The molecule has 1 aromatic heterocycles. The predicted molar refractivity (Wildman–Crippen MR) is 73.7 cm³/mol. The molecule has 0 radical (unpaired) electrons. The van der Waals surface area contributed by atoms with Crippen molar-refractivity contribution in [1.29, 1.82) is 0 Å². The van der Waals surface area contributed by atoms with Crippen LogP contribution in [0.25, 0.3) is 0 Å².